The van der Waals surface area contributed by atoms with Crippen LogP contribution in [0.1, 0.15) is 32.4 Å². The lowest BCUT2D eigenvalue weighted by atomic mass is 9.77. The molecule has 0 N–H and O–H groups in total. The normalized spacial score (nSPS) is 24.8. The molecule has 3 aliphatic rings. The molecule has 34 heavy (non-hydrogen) atoms. The molecule has 3 aromatic carbocycles. The second kappa shape index (κ2) is 7.34. The topological polar surface area (TPSA) is 80.8 Å². The predicted molar refractivity (Wildman–Crippen MR) is 124 cm³/mol. The highest BCUT2D eigenvalue weighted by Crippen LogP contribution is 2.57. The minimum Gasteiger partial charge on any atom is -0.349 e. The quantitative estimate of drug-likeness (QED) is 0.383. The summed E-state index contributed by atoms with van der Waals surface area (Å²) in [6.45, 7) is 0. The summed E-state index contributed by atoms with van der Waals surface area (Å²) in [6, 6.07) is 19.6. The van der Waals surface area contributed by atoms with Gasteiger partial charge in [0.15, 0.2) is 0 Å². The third kappa shape index (κ3) is 2.67. The number of amides is 2. The van der Waals surface area contributed by atoms with Crippen LogP contribution >= 0.6 is 23.2 Å². The molecule has 1 spiro atoms. The van der Waals surface area contributed by atoms with Crippen LogP contribution in [0.15, 0.2) is 72.8 Å². The molecule has 2 amide bonds. The molecule has 2 saturated heterocycles. The van der Waals surface area contributed by atoms with E-state index in [4.69, 9.17) is 27.9 Å². The molecule has 0 radical (unpaired) electrons. The zero-order chi connectivity index (χ0) is 23.8. The fourth-order valence-electron chi connectivity index (χ4n) is 5.38. The highest BCUT2D eigenvalue weighted by molar-refractivity contribution is 6.38. The van der Waals surface area contributed by atoms with Crippen molar-refractivity contribution in [3.8, 4) is 0 Å². The smallest absolute Gasteiger partial charge is 0.241 e. The number of benzene rings is 3. The van der Waals surface area contributed by atoms with Crippen LogP contribution in [0.5, 0.6) is 0 Å². The Kier molecular flexibility index (Phi) is 4.58. The Labute approximate surface area is 204 Å². The van der Waals surface area contributed by atoms with E-state index in [2.05, 4.69) is 0 Å². The van der Waals surface area contributed by atoms with Gasteiger partial charge in [0.05, 0.1) is 23.6 Å². The minimum atomic E-state index is -2.11. The van der Waals surface area contributed by atoms with E-state index in [9.17, 15) is 19.2 Å². The number of rotatable bonds is 2. The maximum absolute atomic E-state index is 13.8. The van der Waals surface area contributed by atoms with Crippen LogP contribution in [0.3, 0.4) is 0 Å². The van der Waals surface area contributed by atoms with Crippen molar-refractivity contribution in [1.29, 1.82) is 0 Å². The van der Waals surface area contributed by atoms with Gasteiger partial charge in [-0.05, 0) is 23.8 Å². The fraction of sp³-hybridized carbons (Fsp3) is 0.154. The molecule has 6 nitrogen and oxygen atoms in total. The predicted octanol–water partition coefficient (Wildman–Crippen LogP) is 4.69. The zero-order valence-corrected chi connectivity index (χ0v) is 18.9. The van der Waals surface area contributed by atoms with E-state index in [1.165, 1.54) is 30.3 Å². The maximum atomic E-state index is 13.8. The van der Waals surface area contributed by atoms with Crippen LogP contribution in [0.25, 0.3) is 0 Å². The van der Waals surface area contributed by atoms with Crippen molar-refractivity contribution in [2.24, 2.45) is 11.8 Å². The largest absolute Gasteiger partial charge is 0.349 e. The van der Waals surface area contributed by atoms with Crippen molar-refractivity contribution in [1.82, 2.24) is 0 Å². The monoisotopic (exact) mass is 491 g/mol. The van der Waals surface area contributed by atoms with Crippen molar-refractivity contribution < 1.29 is 23.9 Å². The van der Waals surface area contributed by atoms with E-state index in [1.54, 1.807) is 42.5 Å². The molecule has 2 aliphatic heterocycles. The Hall–Kier alpha value is -3.32. The number of fused-ring (bicyclic) bond motifs is 3. The number of imide groups is 1. The highest BCUT2D eigenvalue weighted by Gasteiger charge is 2.74. The minimum absolute atomic E-state index is 0.180. The lowest BCUT2D eigenvalue weighted by Gasteiger charge is -2.27. The van der Waals surface area contributed by atoms with Crippen molar-refractivity contribution in [2.45, 2.75) is 11.7 Å². The molecule has 3 atom stereocenters. The number of ether oxygens (including phenoxy) is 1. The SMILES string of the molecule is O=C1C2C(c3ccccc3)OC3(C(=O)c4ccccc4C3=O)C2C(=O)N1c1cc(Cl)cc(Cl)c1. The first kappa shape index (κ1) is 21.2. The molecule has 6 rings (SSSR count). The number of carbonyl (C=O) groups excluding carboxylic acids is 4. The molecule has 3 aromatic rings. The van der Waals surface area contributed by atoms with Crippen LogP contribution in [0.2, 0.25) is 10.0 Å². The van der Waals surface area contributed by atoms with Crippen molar-refractivity contribution in [3.63, 3.8) is 0 Å². The lowest BCUT2D eigenvalue weighted by Crippen LogP contribution is -2.51. The van der Waals surface area contributed by atoms with Gasteiger partial charge < -0.3 is 4.74 Å². The Bertz CT molecular complexity index is 1360. The van der Waals surface area contributed by atoms with Crippen LogP contribution in [-0.4, -0.2) is 29.0 Å². The average Bonchev–Trinajstić information content (AvgIpc) is 3.39. The second-order valence-electron chi connectivity index (χ2n) is 8.53. The van der Waals surface area contributed by atoms with Gasteiger partial charge in [0.1, 0.15) is 0 Å². The summed E-state index contributed by atoms with van der Waals surface area (Å²) in [5.41, 5.74) is -0.968. The second-order valence-corrected chi connectivity index (χ2v) is 9.40. The first-order valence-electron chi connectivity index (χ1n) is 10.6. The van der Waals surface area contributed by atoms with E-state index in [0.717, 1.165) is 4.90 Å². The zero-order valence-electron chi connectivity index (χ0n) is 17.4. The van der Waals surface area contributed by atoms with E-state index >= 15 is 0 Å². The molecule has 2 fully saturated rings. The summed E-state index contributed by atoms with van der Waals surface area (Å²) in [7, 11) is 0. The van der Waals surface area contributed by atoms with Gasteiger partial charge in [-0.2, -0.15) is 0 Å². The summed E-state index contributed by atoms with van der Waals surface area (Å²) in [4.78, 5) is 55.9. The van der Waals surface area contributed by atoms with E-state index in [1.807, 2.05) is 0 Å². The van der Waals surface area contributed by atoms with Gasteiger partial charge in [0.2, 0.25) is 29.0 Å². The number of nitrogens with zero attached hydrogens (tertiary/aromatic N) is 1. The van der Waals surface area contributed by atoms with Gasteiger partial charge in [0, 0.05) is 21.2 Å². The standard InChI is InChI=1S/C26H15Cl2NO5/c27-14-10-15(28)12-16(11-14)29-24(32)19-20(25(29)33)26(34-21(19)13-6-2-1-3-7-13)22(30)17-8-4-5-9-18(17)23(26)31/h1-12,19-21H. The van der Waals surface area contributed by atoms with Gasteiger partial charge in [0.25, 0.3) is 0 Å². The van der Waals surface area contributed by atoms with E-state index in [-0.39, 0.29) is 26.9 Å². The van der Waals surface area contributed by atoms with E-state index in [0.29, 0.717) is 5.56 Å². The Morgan fingerprint density at radius 3 is 1.88 bits per heavy atom. The molecule has 0 bridgehead atoms. The molecule has 1 aliphatic carbocycles. The number of ketones is 2. The van der Waals surface area contributed by atoms with Crippen molar-refractivity contribution >= 4 is 52.3 Å². The van der Waals surface area contributed by atoms with Crippen molar-refractivity contribution in [2.75, 3.05) is 4.90 Å². The molecule has 0 saturated carbocycles. The average molecular weight is 492 g/mol. The highest BCUT2D eigenvalue weighted by atomic mass is 35.5. The maximum Gasteiger partial charge on any atom is 0.241 e. The summed E-state index contributed by atoms with van der Waals surface area (Å²) < 4.78 is 6.22. The molecule has 0 aromatic heterocycles. The van der Waals surface area contributed by atoms with Crippen LogP contribution < -0.4 is 4.90 Å². The van der Waals surface area contributed by atoms with Gasteiger partial charge in [-0.1, -0.05) is 77.8 Å². The third-order valence-electron chi connectivity index (χ3n) is 6.75. The Morgan fingerprint density at radius 1 is 0.735 bits per heavy atom. The van der Waals surface area contributed by atoms with Gasteiger partial charge in [-0.3, -0.25) is 19.2 Å². The van der Waals surface area contributed by atoms with Crippen LogP contribution in [-0.2, 0) is 14.3 Å². The van der Waals surface area contributed by atoms with Gasteiger partial charge in [-0.15, -0.1) is 0 Å². The first-order valence-corrected chi connectivity index (χ1v) is 11.4. The molecule has 168 valence electrons. The van der Waals surface area contributed by atoms with Gasteiger partial charge >= 0.3 is 0 Å². The number of carbonyl (C=O) groups is 4. The molecule has 8 heteroatoms. The Balaban J connectivity index is 1.56. The first-order chi connectivity index (χ1) is 16.3. The summed E-state index contributed by atoms with van der Waals surface area (Å²) in [5, 5.41) is 0.484. The summed E-state index contributed by atoms with van der Waals surface area (Å²) >= 11 is 12.3. The number of hydrogen-bond acceptors (Lipinski definition) is 5. The van der Waals surface area contributed by atoms with E-state index < -0.39 is 46.9 Å². The number of halogens is 2. The van der Waals surface area contributed by atoms with Crippen LogP contribution in [0, 0.1) is 11.8 Å². The fourth-order valence-corrected chi connectivity index (χ4v) is 5.90. The Morgan fingerprint density at radius 2 is 1.29 bits per heavy atom. The molecular weight excluding hydrogens is 477 g/mol. The van der Waals surface area contributed by atoms with Crippen molar-refractivity contribution in [3.05, 3.63) is 99.5 Å². The summed E-state index contributed by atoms with van der Waals surface area (Å²) in [6.07, 6.45) is -0.968. The summed E-state index contributed by atoms with van der Waals surface area (Å²) in [5.74, 6) is -4.87. The van der Waals surface area contributed by atoms with Gasteiger partial charge in [-0.25, -0.2) is 4.90 Å². The molecular formula is C26H15Cl2NO5. The number of Topliss-reactive ketones (excluding diaryl/α,β-unsaturated/α-hetero) is 2. The lowest BCUT2D eigenvalue weighted by molar-refractivity contribution is -0.127. The number of hydrogen-bond donors (Lipinski definition) is 0. The molecule has 3 unspecified atom stereocenters. The molecule has 2 heterocycles. The third-order valence-corrected chi connectivity index (χ3v) is 7.19. The van der Waals surface area contributed by atoms with Crippen LogP contribution in [0.4, 0.5) is 5.69 Å². The number of anilines is 1.